The second-order valence-corrected chi connectivity index (χ2v) is 3.55. The lowest BCUT2D eigenvalue weighted by atomic mass is 10.2. The maximum Gasteiger partial charge on any atom is 0.234 e. The maximum absolute atomic E-state index is 10.9. The summed E-state index contributed by atoms with van der Waals surface area (Å²) in [5, 5.41) is 3.04. The van der Waals surface area contributed by atoms with Crippen molar-refractivity contribution in [2.45, 2.75) is 26.4 Å². The van der Waals surface area contributed by atoms with Gasteiger partial charge in [-0.05, 0) is 19.9 Å². The molecule has 0 spiro atoms. The highest BCUT2D eigenvalue weighted by Crippen LogP contribution is 2.17. The van der Waals surface area contributed by atoms with Crippen molar-refractivity contribution in [1.29, 1.82) is 0 Å². The molecule has 1 aromatic carbocycles. The fourth-order valence-corrected chi connectivity index (χ4v) is 1.31. The Labute approximate surface area is 95.8 Å². The molecule has 1 aromatic rings. The summed E-state index contributed by atoms with van der Waals surface area (Å²) in [6.45, 7) is 4.88. The predicted molar refractivity (Wildman–Crippen MR) is 63.1 cm³/mol. The third-order valence-corrected chi connectivity index (χ3v) is 2.30. The number of rotatable bonds is 6. The minimum Gasteiger partial charge on any atom is -0.494 e. The van der Waals surface area contributed by atoms with Gasteiger partial charge in [0.25, 0.3) is 0 Å². The zero-order chi connectivity index (χ0) is 12.0. The van der Waals surface area contributed by atoms with E-state index in [4.69, 9.17) is 10.5 Å². The molecule has 0 saturated carbocycles. The number of ether oxygens (including phenoxy) is 1. The van der Waals surface area contributed by atoms with E-state index in [-0.39, 0.29) is 11.9 Å². The van der Waals surface area contributed by atoms with Crippen molar-refractivity contribution in [1.82, 2.24) is 5.32 Å². The predicted octanol–water partition coefficient (Wildman–Crippen LogP) is 1.05. The molecular formula is C12H18N2O2. The molecule has 4 nitrogen and oxygen atoms in total. The number of carbonyl (C=O) groups excluding carboxylic acids is 1. The molecule has 3 N–H and O–H groups in total. The van der Waals surface area contributed by atoms with Gasteiger partial charge in [-0.15, -0.1) is 0 Å². The van der Waals surface area contributed by atoms with E-state index in [0.717, 1.165) is 11.3 Å². The van der Waals surface area contributed by atoms with Crippen LogP contribution in [-0.4, -0.2) is 18.6 Å². The standard InChI is InChI=1S/C12H18N2O2/c1-3-16-11-7-5-4-6-10(11)8-14-9(2)12(13)15/h4-7,9,14H,3,8H2,1-2H3,(H2,13,15). The fraction of sp³-hybridized carbons (Fsp3) is 0.417. The number of hydrogen-bond acceptors (Lipinski definition) is 3. The summed E-state index contributed by atoms with van der Waals surface area (Å²) < 4.78 is 5.47. The van der Waals surface area contributed by atoms with Crippen LogP contribution < -0.4 is 15.8 Å². The van der Waals surface area contributed by atoms with Crippen molar-refractivity contribution >= 4 is 5.91 Å². The Morgan fingerprint density at radius 1 is 1.50 bits per heavy atom. The summed E-state index contributed by atoms with van der Waals surface area (Å²) in [7, 11) is 0. The van der Waals surface area contributed by atoms with Gasteiger partial charge in [0.05, 0.1) is 12.6 Å². The molecule has 1 amide bonds. The molecule has 16 heavy (non-hydrogen) atoms. The monoisotopic (exact) mass is 222 g/mol. The van der Waals surface area contributed by atoms with Crippen LogP contribution in [-0.2, 0) is 11.3 Å². The first-order valence-electron chi connectivity index (χ1n) is 5.38. The van der Waals surface area contributed by atoms with E-state index in [9.17, 15) is 4.79 Å². The van der Waals surface area contributed by atoms with Gasteiger partial charge >= 0.3 is 0 Å². The van der Waals surface area contributed by atoms with Crippen molar-refractivity contribution in [3.8, 4) is 5.75 Å². The largest absolute Gasteiger partial charge is 0.494 e. The molecule has 88 valence electrons. The van der Waals surface area contributed by atoms with Crippen LogP contribution in [0.1, 0.15) is 19.4 Å². The normalized spacial score (nSPS) is 12.1. The Kier molecular flexibility index (Phi) is 4.79. The lowest BCUT2D eigenvalue weighted by Crippen LogP contribution is -2.38. The van der Waals surface area contributed by atoms with E-state index in [0.29, 0.717) is 13.2 Å². The molecule has 4 heteroatoms. The minimum absolute atomic E-state index is 0.338. The van der Waals surface area contributed by atoms with Gasteiger partial charge in [0.2, 0.25) is 5.91 Å². The molecule has 0 aliphatic carbocycles. The molecule has 0 bridgehead atoms. The SMILES string of the molecule is CCOc1ccccc1CNC(C)C(N)=O. The first-order valence-corrected chi connectivity index (χ1v) is 5.38. The second kappa shape index (κ2) is 6.12. The van der Waals surface area contributed by atoms with Crippen LogP contribution in [0.25, 0.3) is 0 Å². The summed E-state index contributed by atoms with van der Waals surface area (Å²) in [5.74, 6) is 0.489. The van der Waals surface area contributed by atoms with E-state index in [2.05, 4.69) is 5.32 Å². The van der Waals surface area contributed by atoms with Crippen LogP contribution >= 0.6 is 0 Å². The Balaban J connectivity index is 2.62. The van der Waals surface area contributed by atoms with Crippen LogP contribution in [0.3, 0.4) is 0 Å². The third-order valence-electron chi connectivity index (χ3n) is 2.30. The van der Waals surface area contributed by atoms with Crippen LogP contribution in [0.15, 0.2) is 24.3 Å². The zero-order valence-electron chi connectivity index (χ0n) is 9.69. The second-order valence-electron chi connectivity index (χ2n) is 3.55. The summed E-state index contributed by atoms with van der Waals surface area (Å²) in [6, 6.07) is 7.40. The van der Waals surface area contributed by atoms with Crippen molar-refractivity contribution in [3.05, 3.63) is 29.8 Å². The lowest BCUT2D eigenvalue weighted by Gasteiger charge is -2.13. The number of nitrogens with one attached hydrogen (secondary N) is 1. The van der Waals surface area contributed by atoms with Gasteiger partial charge in [-0.25, -0.2) is 0 Å². The number of carbonyl (C=O) groups is 1. The molecule has 0 saturated heterocycles. The number of hydrogen-bond donors (Lipinski definition) is 2. The first kappa shape index (κ1) is 12.5. The van der Waals surface area contributed by atoms with E-state index in [1.807, 2.05) is 31.2 Å². The Bertz CT molecular complexity index is 353. The topological polar surface area (TPSA) is 64.3 Å². The minimum atomic E-state index is -0.353. The molecule has 0 aromatic heterocycles. The number of primary amides is 1. The van der Waals surface area contributed by atoms with Crippen molar-refractivity contribution in [2.24, 2.45) is 5.73 Å². The van der Waals surface area contributed by atoms with E-state index in [1.165, 1.54) is 0 Å². The molecular weight excluding hydrogens is 204 g/mol. The van der Waals surface area contributed by atoms with Gasteiger partial charge in [0.1, 0.15) is 5.75 Å². The van der Waals surface area contributed by atoms with Gasteiger partial charge in [0.15, 0.2) is 0 Å². The van der Waals surface area contributed by atoms with Crippen LogP contribution in [0.2, 0.25) is 0 Å². The van der Waals surface area contributed by atoms with Crippen molar-refractivity contribution in [3.63, 3.8) is 0 Å². The zero-order valence-corrected chi connectivity index (χ0v) is 9.69. The molecule has 1 rings (SSSR count). The van der Waals surface area contributed by atoms with E-state index >= 15 is 0 Å². The summed E-state index contributed by atoms with van der Waals surface area (Å²) >= 11 is 0. The highest BCUT2D eigenvalue weighted by molar-refractivity contribution is 5.79. The van der Waals surface area contributed by atoms with Gasteiger partial charge in [-0.2, -0.15) is 0 Å². The van der Waals surface area contributed by atoms with Crippen LogP contribution in [0.4, 0.5) is 0 Å². The summed E-state index contributed by atoms with van der Waals surface area (Å²) in [4.78, 5) is 10.9. The highest BCUT2D eigenvalue weighted by atomic mass is 16.5. The smallest absolute Gasteiger partial charge is 0.234 e. The van der Waals surface area contributed by atoms with Gasteiger partial charge in [0, 0.05) is 12.1 Å². The molecule has 0 fully saturated rings. The molecule has 0 aliphatic heterocycles. The highest BCUT2D eigenvalue weighted by Gasteiger charge is 2.09. The molecule has 1 atom stereocenters. The molecule has 1 unspecified atom stereocenters. The summed E-state index contributed by atoms with van der Waals surface area (Å²) in [5.41, 5.74) is 6.19. The molecule has 0 radical (unpaired) electrons. The average Bonchev–Trinajstić information content (AvgIpc) is 2.27. The fourth-order valence-electron chi connectivity index (χ4n) is 1.31. The number of para-hydroxylation sites is 1. The lowest BCUT2D eigenvalue weighted by molar-refractivity contribution is -0.119. The number of nitrogens with two attached hydrogens (primary N) is 1. The molecule has 0 heterocycles. The van der Waals surface area contributed by atoms with Crippen molar-refractivity contribution in [2.75, 3.05) is 6.61 Å². The van der Waals surface area contributed by atoms with Gasteiger partial charge in [-0.1, -0.05) is 18.2 Å². The average molecular weight is 222 g/mol. The van der Waals surface area contributed by atoms with Crippen LogP contribution in [0, 0.1) is 0 Å². The molecule has 0 aliphatic rings. The quantitative estimate of drug-likeness (QED) is 0.756. The number of amides is 1. The Morgan fingerprint density at radius 2 is 2.19 bits per heavy atom. The van der Waals surface area contributed by atoms with E-state index < -0.39 is 0 Å². The third kappa shape index (κ3) is 3.55. The number of benzene rings is 1. The van der Waals surface area contributed by atoms with Gasteiger partial charge in [-0.3, -0.25) is 4.79 Å². The van der Waals surface area contributed by atoms with Crippen LogP contribution in [0.5, 0.6) is 5.75 Å². The van der Waals surface area contributed by atoms with Gasteiger partial charge < -0.3 is 15.8 Å². The van der Waals surface area contributed by atoms with E-state index in [1.54, 1.807) is 6.92 Å². The summed E-state index contributed by atoms with van der Waals surface area (Å²) in [6.07, 6.45) is 0. The van der Waals surface area contributed by atoms with Crippen molar-refractivity contribution < 1.29 is 9.53 Å². The maximum atomic E-state index is 10.9. The Hall–Kier alpha value is -1.55. The first-order chi connectivity index (χ1) is 7.65. The Morgan fingerprint density at radius 3 is 2.81 bits per heavy atom.